The van der Waals surface area contributed by atoms with Crippen LogP contribution in [0.1, 0.15) is 30.4 Å². The van der Waals surface area contributed by atoms with Crippen LogP contribution in [0.25, 0.3) is 0 Å². The zero-order valence-electron chi connectivity index (χ0n) is 16.4. The van der Waals surface area contributed by atoms with E-state index in [-0.39, 0.29) is 0 Å². The van der Waals surface area contributed by atoms with Crippen LogP contribution in [0, 0.1) is 11.8 Å². The lowest BCUT2D eigenvalue weighted by molar-refractivity contribution is -0.885. The van der Waals surface area contributed by atoms with Gasteiger partial charge in [0.15, 0.2) is 13.2 Å². The third-order valence-electron chi connectivity index (χ3n) is 6.77. The van der Waals surface area contributed by atoms with Gasteiger partial charge in [0.05, 0.1) is 0 Å². The van der Waals surface area contributed by atoms with Crippen LogP contribution in [0.5, 0.6) is 0 Å². The fourth-order valence-corrected chi connectivity index (χ4v) is 5.44. The quantitative estimate of drug-likeness (QED) is 0.460. The van der Waals surface area contributed by atoms with Crippen LogP contribution in [-0.2, 0) is 13.2 Å². The smallest absolute Gasteiger partial charge is 0.352 e. The van der Waals surface area contributed by atoms with E-state index in [0.717, 1.165) is 28.9 Å². The average Bonchev–Trinajstić information content (AvgIpc) is 3.10. The molecule has 2 aromatic carbocycles. The molecule has 5 heteroatoms. The molecule has 2 saturated carbocycles. The van der Waals surface area contributed by atoms with Crippen molar-refractivity contribution >= 4 is 5.95 Å². The van der Waals surface area contributed by atoms with Gasteiger partial charge in [-0.1, -0.05) is 70.1 Å². The van der Waals surface area contributed by atoms with E-state index in [1.54, 1.807) is 0 Å². The Morgan fingerprint density at radius 1 is 0.828 bits per heavy atom. The molecule has 2 heterocycles. The summed E-state index contributed by atoms with van der Waals surface area (Å²) in [7, 11) is 0. The lowest BCUT2D eigenvalue weighted by Gasteiger charge is -2.12. The lowest BCUT2D eigenvalue weighted by Crippen LogP contribution is -2.45. The number of fused-ring (bicyclic) bond motifs is 5. The van der Waals surface area contributed by atoms with E-state index in [0.29, 0.717) is 25.3 Å². The van der Waals surface area contributed by atoms with Crippen molar-refractivity contribution in [3.05, 3.63) is 84.2 Å². The van der Waals surface area contributed by atoms with Gasteiger partial charge in [0.1, 0.15) is 24.5 Å². The molecule has 0 radical (unpaired) electrons. The third-order valence-corrected chi connectivity index (χ3v) is 6.77. The largest absolute Gasteiger partial charge is 0.434 e. The Labute approximate surface area is 171 Å². The molecule has 29 heavy (non-hydrogen) atoms. The first-order chi connectivity index (χ1) is 14.4. The molecule has 2 bridgehead atoms. The highest BCUT2D eigenvalue weighted by Crippen LogP contribution is 2.59. The molecular formula is C24H26N3O2+. The summed E-state index contributed by atoms with van der Waals surface area (Å²) in [5.41, 5.74) is 2.32. The summed E-state index contributed by atoms with van der Waals surface area (Å²) >= 11 is 0. The van der Waals surface area contributed by atoms with Crippen molar-refractivity contribution in [3.63, 3.8) is 0 Å². The highest BCUT2D eigenvalue weighted by molar-refractivity contribution is 5.48. The SMILES string of the molecule is c1ccc(COn2cc[n+](OCc3ccccc3)c2N2C3C4CCC(C4)C32)cc1. The Hall–Kier alpha value is -2.95. The summed E-state index contributed by atoms with van der Waals surface area (Å²) in [6, 6.07) is 21.9. The summed E-state index contributed by atoms with van der Waals surface area (Å²) < 4.78 is 3.80. The second kappa shape index (κ2) is 6.83. The Morgan fingerprint density at radius 2 is 1.45 bits per heavy atom. The summed E-state index contributed by atoms with van der Waals surface area (Å²) in [4.78, 5) is 14.9. The zero-order chi connectivity index (χ0) is 19.2. The van der Waals surface area contributed by atoms with E-state index >= 15 is 0 Å². The molecule has 3 fully saturated rings. The van der Waals surface area contributed by atoms with Crippen molar-refractivity contribution in [3.8, 4) is 0 Å². The van der Waals surface area contributed by atoms with E-state index in [9.17, 15) is 0 Å². The number of nitrogens with zero attached hydrogens (tertiary/aromatic N) is 3. The van der Waals surface area contributed by atoms with Crippen LogP contribution in [-0.4, -0.2) is 16.8 Å². The normalized spacial score (nSPS) is 26.4. The average molecular weight is 388 g/mol. The first-order valence-corrected chi connectivity index (χ1v) is 10.6. The van der Waals surface area contributed by atoms with Crippen LogP contribution in [0.15, 0.2) is 73.1 Å². The van der Waals surface area contributed by atoms with E-state index < -0.39 is 0 Å². The van der Waals surface area contributed by atoms with Gasteiger partial charge >= 0.3 is 5.95 Å². The number of benzene rings is 2. The Balaban J connectivity index is 1.25. The van der Waals surface area contributed by atoms with Gasteiger partial charge in [-0.2, -0.15) is 0 Å². The fraction of sp³-hybridized carbons (Fsp3) is 0.375. The molecule has 0 amide bonds. The first-order valence-electron chi connectivity index (χ1n) is 10.6. The number of piperidine rings is 1. The van der Waals surface area contributed by atoms with Crippen LogP contribution >= 0.6 is 0 Å². The van der Waals surface area contributed by atoms with Gasteiger partial charge in [0.2, 0.25) is 0 Å². The topological polar surface area (TPSA) is 30.3 Å². The van der Waals surface area contributed by atoms with E-state index in [1.807, 2.05) is 58.3 Å². The molecule has 2 aliphatic carbocycles. The van der Waals surface area contributed by atoms with E-state index in [2.05, 4.69) is 29.2 Å². The minimum absolute atomic E-state index is 0.539. The van der Waals surface area contributed by atoms with Crippen LogP contribution < -0.4 is 19.3 Å². The van der Waals surface area contributed by atoms with Crippen molar-refractivity contribution in [2.45, 2.75) is 44.6 Å². The monoisotopic (exact) mass is 388 g/mol. The second-order valence-corrected chi connectivity index (χ2v) is 8.49. The van der Waals surface area contributed by atoms with Gasteiger partial charge in [-0.25, -0.2) is 4.90 Å². The molecule has 4 atom stereocenters. The molecule has 5 nitrogen and oxygen atoms in total. The standard InChI is InChI=1S/C24H26N3O2/c1-3-7-18(8-4-1)16-28-25-13-14-26(29-17-19-9-5-2-6-10-19)24(25)27-22-20-11-12-21(15-20)23(22)27/h1-10,13-14,20-23H,11-12,15-17H2/q+1. The molecule has 6 rings (SSSR count). The van der Waals surface area contributed by atoms with Gasteiger partial charge in [-0.05, 0) is 42.2 Å². The summed E-state index contributed by atoms with van der Waals surface area (Å²) in [5.74, 6) is 2.69. The molecule has 0 spiro atoms. The molecule has 1 aliphatic heterocycles. The van der Waals surface area contributed by atoms with E-state index in [4.69, 9.17) is 9.68 Å². The fourth-order valence-electron chi connectivity index (χ4n) is 5.44. The number of hydrogen-bond donors (Lipinski definition) is 0. The summed E-state index contributed by atoms with van der Waals surface area (Å²) in [5, 5.41) is 0. The maximum Gasteiger partial charge on any atom is 0.434 e. The molecule has 3 aromatic rings. The number of anilines is 1. The first kappa shape index (κ1) is 17.0. The molecule has 4 unspecified atom stereocenters. The molecular weight excluding hydrogens is 362 g/mol. The second-order valence-electron chi connectivity index (χ2n) is 8.49. The van der Waals surface area contributed by atoms with Gasteiger partial charge in [-0.15, -0.1) is 0 Å². The Kier molecular flexibility index (Phi) is 3.99. The van der Waals surface area contributed by atoms with Crippen LogP contribution in [0.2, 0.25) is 0 Å². The number of aromatic nitrogens is 2. The number of hydrogen-bond acceptors (Lipinski definition) is 3. The Bertz CT molecular complexity index is 911. The van der Waals surface area contributed by atoms with Gasteiger partial charge in [0, 0.05) is 0 Å². The highest BCUT2D eigenvalue weighted by Gasteiger charge is 2.70. The molecule has 1 saturated heterocycles. The number of rotatable bonds is 7. The minimum Gasteiger partial charge on any atom is -0.352 e. The van der Waals surface area contributed by atoms with Crippen molar-refractivity contribution in [1.82, 2.24) is 4.73 Å². The summed E-state index contributed by atoms with van der Waals surface area (Å²) in [6.45, 7) is 1.08. The summed E-state index contributed by atoms with van der Waals surface area (Å²) in [6.07, 6.45) is 8.10. The highest BCUT2D eigenvalue weighted by atomic mass is 16.7. The lowest BCUT2D eigenvalue weighted by atomic mass is 10.0. The maximum atomic E-state index is 6.19. The minimum atomic E-state index is 0.539. The molecule has 0 N–H and O–H groups in total. The molecule has 3 aliphatic rings. The van der Waals surface area contributed by atoms with E-state index in [1.165, 1.54) is 19.3 Å². The molecule has 148 valence electrons. The zero-order valence-corrected chi connectivity index (χ0v) is 16.4. The van der Waals surface area contributed by atoms with Crippen molar-refractivity contribution in [2.75, 3.05) is 4.90 Å². The van der Waals surface area contributed by atoms with Crippen molar-refractivity contribution < 1.29 is 14.4 Å². The van der Waals surface area contributed by atoms with Crippen molar-refractivity contribution in [2.24, 2.45) is 11.8 Å². The predicted octanol–water partition coefficient (Wildman–Crippen LogP) is 3.02. The third kappa shape index (κ3) is 2.96. The van der Waals surface area contributed by atoms with Gasteiger partial charge < -0.3 is 9.68 Å². The van der Waals surface area contributed by atoms with Crippen molar-refractivity contribution in [1.29, 1.82) is 0 Å². The number of imidazole rings is 1. The van der Waals surface area contributed by atoms with Gasteiger partial charge in [-0.3, -0.25) is 0 Å². The molecule has 1 aromatic heterocycles. The predicted molar refractivity (Wildman–Crippen MR) is 109 cm³/mol. The Morgan fingerprint density at radius 3 is 2.10 bits per heavy atom. The van der Waals surface area contributed by atoms with Gasteiger partial charge in [0.25, 0.3) is 0 Å². The maximum absolute atomic E-state index is 6.19. The van der Waals surface area contributed by atoms with Crippen LogP contribution in [0.3, 0.4) is 0 Å². The van der Waals surface area contributed by atoms with Crippen LogP contribution in [0.4, 0.5) is 5.95 Å².